The Bertz CT molecular complexity index is 368. The number of rotatable bonds is 7. The quantitative estimate of drug-likeness (QED) is 0.747. The maximum absolute atomic E-state index is 12.0. The van der Waals surface area contributed by atoms with Crippen LogP contribution in [-0.2, 0) is 4.74 Å². The number of benzene rings is 1. The molecule has 0 amide bonds. The van der Waals surface area contributed by atoms with Crippen LogP contribution in [0.25, 0.3) is 0 Å². The summed E-state index contributed by atoms with van der Waals surface area (Å²) in [5.74, 6) is -0.246. The highest BCUT2D eigenvalue weighted by Crippen LogP contribution is 2.24. The van der Waals surface area contributed by atoms with Crippen molar-refractivity contribution in [2.75, 3.05) is 26.8 Å². The van der Waals surface area contributed by atoms with Crippen molar-refractivity contribution in [3.8, 4) is 5.75 Å². The smallest absolute Gasteiger partial charge is 0.406 e. The van der Waals surface area contributed by atoms with Crippen molar-refractivity contribution < 1.29 is 22.6 Å². The number of methoxy groups -OCH3 is 1. The standard InChI is InChI=1S/C12H17F3N2O2/c1-18-7-6-17-11(8-16)9-2-4-10(5-3-9)19-12(13,14)15/h2-5,11,17H,6-8,16H2,1H3. The van der Waals surface area contributed by atoms with Crippen molar-refractivity contribution in [1.82, 2.24) is 5.32 Å². The molecule has 1 unspecified atom stereocenters. The van der Waals surface area contributed by atoms with Crippen LogP contribution in [0, 0.1) is 0 Å². The van der Waals surface area contributed by atoms with E-state index in [1.807, 2.05) is 0 Å². The third kappa shape index (κ3) is 5.91. The fraction of sp³-hybridized carbons (Fsp3) is 0.500. The van der Waals surface area contributed by atoms with Gasteiger partial charge < -0.3 is 20.5 Å². The van der Waals surface area contributed by atoms with Crippen LogP contribution < -0.4 is 15.8 Å². The van der Waals surface area contributed by atoms with Crippen molar-refractivity contribution in [2.45, 2.75) is 12.4 Å². The zero-order valence-electron chi connectivity index (χ0n) is 10.5. The molecule has 7 heteroatoms. The Hall–Kier alpha value is -1.31. The topological polar surface area (TPSA) is 56.5 Å². The summed E-state index contributed by atoms with van der Waals surface area (Å²) in [5, 5.41) is 3.14. The van der Waals surface area contributed by atoms with E-state index in [1.165, 1.54) is 12.1 Å². The van der Waals surface area contributed by atoms with E-state index in [4.69, 9.17) is 10.5 Å². The summed E-state index contributed by atoms with van der Waals surface area (Å²) >= 11 is 0. The molecule has 0 aromatic heterocycles. The second kappa shape index (κ2) is 7.32. The second-order valence-corrected chi connectivity index (χ2v) is 3.85. The van der Waals surface area contributed by atoms with Crippen LogP contribution in [0.1, 0.15) is 11.6 Å². The Morgan fingerprint density at radius 1 is 1.26 bits per heavy atom. The molecule has 0 aliphatic heterocycles. The summed E-state index contributed by atoms with van der Waals surface area (Å²) in [6.45, 7) is 1.48. The molecular formula is C12H17F3N2O2. The summed E-state index contributed by atoms with van der Waals surface area (Å²) in [7, 11) is 1.59. The van der Waals surface area contributed by atoms with E-state index in [2.05, 4.69) is 10.1 Å². The molecule has 1 aromatic carbocycles. The van der Waals surface area contributed by atoms with Gasteiger partial charge >= 0.3 is 6.36 Å². The molecule has 0 heterocycles. The first-order valence-electron chi connectivity index (χ1n) is 5.74. The molecule has 108 valence electrons. The highest BCUT2D eigenvalue weighted by atomic mass is 19.4. The molecule has 0 bridgehead atoms. The fourth-order valence-corrected chi connectivity index (χ4v) is 1.57. The van der Waals surface area contributed by atoms with E-state index in [-0.39, 0.29) is 11.8 Å². The van der Waals surface area contributed by atoms with Gasteiger partial charge in [0.25, 0.3) is 0 Å². The van der Waals surface area contributed by atoms with Gasteiger partial charge in [-0.1, -0.05) is 12.1 Å². The minimum absolute atomic E-state index is 0.130. The van der Waals surface area contributed by atoms with Gasteiger partial charge in [-0.15, -0.1) is 13.2 Å². The highest BCUT2D eigenvalue weighted by molar-refractivity contribution is 5.29. The molecule has 4 nitrogen and oxygen atoms in total. The number of halogens is 3. The molecule has 3 N–H and O–H groups in total. The Balaban J connectivity index is 2.62. The molecule has 1 aromatic rings. The van der Waals surface area contributed by atoms with Gasteiger partial charge in [-0.3, -0.25) is 0 Å². The zero-order chi connectivity index (χ0) is 14.3. The Morgan fingerprint density at radius 3 is 2.37 bits per heavy atom. The predicted octanol–water partition coefficient (Wildman–Crippen LogP) is 1.82. The average molecular weight is 278 g/mol. The van der Waals surface area contributed by atoms with Crippen LogP contribution in [0.4, 0.5) is 13.2 Å². The van der Waals surface area contributed by atoms with Gasteiger partial charge in [-0.2, -0.15) is 0 Å². The second-order valence-electron chi connectivity index (χ2n) is 3.85. The molecule has 0 saturated carbocycles. The SMILES string of the molecule is COCCNC(CN)c1ccc(OC(F)(F)F)cc1. The minimum Gasteiger partial charge on any atom is -0.406 e. The lowest BCUT2D eigenvalue weighted by Crippen LogP contribution is -2.30. The molecule has 0 radical (unpaired) electrons. The molecule has 0 fully saturated rings. The summed E-state index contributed by atoms with van der Waals surface area (Å²) < 4.78 is 44.7. The Morgan fingerprint density at radius 2 is 1.89 bits per heavy atom. The average Bonchev–Trinajstić information content (AvgIpc) is 2.34. The molecule has 0 aliphatic carbocycles. The van der Waals surface area contributed by atoms with E-state index in [9.17, 15) is 13.2 Å². The molecule has 1 rings (SSSR count). The lowest BCUT2D eigenvalue weighted by Gasteiger charge is -2.17. The monoisotopic (exact) mass is 278 g/mol. The number of hydrogen-bond acceptors (Lipinski definition) is 4. The van der Waals surface area contributed by atoms with Gasteiger partial charge in [-0.05, 0) is 17.7 Å². The third-order valence-electron chi connectivity index (χ3n) is 2.45. The number of nitrogens with two attached hydrogens (primary N) is 1. The molecule has 19 heavy (non-hydrogen) atoms. The molecule has 0 aliphatic rings. The highest BCUT2D eigenvalue weighted by Gasteiger charge is 2.31. The summed E-state index contributed by atoms with van der Waals surface area (Å²) in [6.07, 6.45) is -4.68. The van der Waals surface area contributed by atoms with Crippen LogP contribution in [0.3, 0.4) is 0 Å². The number of hydrogen-bond donors (Lipinski definition) is 2. The van der Waals surface area contributed by atoms with Gasteiger partial charge in [0.2, 0.25) is 0 Å². The van der Waals surface area contributed by atoms with Crippen LogP contribution in [-0.4, -0.2) is 33.2 Å². The van der Waals surface area contributed by atoms with Gasteiger partial charge in [0.15, 0.2) is 0 Å². The Kier molecular flexibility index (Phi) is 6.07. The van der Waals surface area contributed by atoms with Crippen LogP contribution in [0.5, 0.6) is 5.75 Å². The minimum atomic E-state index is -4.68. The maximum atomic E-state index is 12.0. The number of alkyl halides is 3. The van der Waals surface area contributed by atoms with Crippen molar-refractivity contribution in [2.24, 2.45) is 5.73 Å². The van der Waals surface area contributed by atoms with E-state index in [0.717, 1.165) is 5.56 Å². The summed E-state index contributed by atoms with van der Waals surface area (Å²) in [6, 6.07) is 5.51. The maximum Gasteiger partial charge on any atom is 0.573 e. The lowest BCUT2D eigenvalue weighted by atomic mass is 10.1. The molecular weight excluding hydrogens is 261 g/mol. The van der Waals surface area contributed by atoms with E-state index < -0.39 is 6.36 Å². The summed E-state index contributed by atoms with van der Waals surface area (Å²) in [5.41, 5.74) is 6.41. The van der Waals surface area contributed by atoms with Gasteiger partial charge in [0, 0.05) is 26.2 Å². The first-order valence-corrected chi connectivity index (χ1v) is 5.74. The normalized spacial score (nSPS) is 13.3. The molecule has 1 atom stereocenters. The largest absolute Gasteiger partial charge is 0.573 e. The lowest BCUT2D eigenvalue weighted by molar-refractivity contribution is -0.274. The predicted molar refractivity (Wildman–Crippen MR) is 64.8 cm³/mol. The van der Waals surface area contributed by atoms with E-state index >= 15 is 0 Å². The van der Waals surface area contributed by atoms with E-state index in [0.29, 0.717) is 19.7 Å². The summed E-state index contributed by atoms with van der Waals surface area (Å²) in [4.78, 5) is 0. The molecule has 0 saturated heterocycles. The van der Waals surface area contributed by atoms with Gasteiger partial charge in [0.05, 0.1) is 6.61 Å². The number of nitrogens with one attached hydrogen (secondary N) is 1. The van der Waals surface area contributed by atoms with Crippen LogP contribution in [0.2, 0.25) is 0 Å². The zero-order valence-corrected chi connectivity index (χ0v) is 10.5. The molecule has 0 spiro atoms. The first kappa shape index (κ1) is 15.7. The first-order chi connectivity index (χ1) is 8.96. The van der Waals surface area contributed by atoms with Crippen molar-refractivity contribution in [1.29, 1.82) is 0 Å². The van der Waals surface area contributed by atoms with Crippen LogP contribution in [0.15, 0.2) is 24.3 Å². The van der Waals surface area contributed by atoms with Crippen molar-refractivity contribution in [3.05, 3.63) is 29.8 Å². The van der Waals surface area contributed by atoms with Crippen LogP contribution >= 0.6 is 0 Å². The van der Waals surface area contributed by atoms with Gasteiger partial charge in [-0.25, -0.2) is 0 Å². The van der Waals surface area contributed by atoms with Crippen molar-refractivity contribution >= 4 is 0 Å². The number of ether oxygens (including phenoxy) is 2. The van der Waals surface area contributed by atoms with Gasteiger partial charge in [0.1, 0.15) is 5.75 Å². The van der Waals surface area contributed by atoms with E-state index in [1.54, 1.807) is 19.2 Å². The third-order valence-corrected chi connectivity index (χ3v) is 2.45. The fourth-order valence-electron chi connectivity index (χ4n) is 1.57. The van der Waals surface area contributed by atoms with Crippen molar-refractivity contribution in [3.63, 3.8) is 0 Å². The Labute approximate surface area is 109 Å².